The highest BCUT2D eigenvalue weighted by atomic mass is 32.1. The van der Waals surface area contributed by atoms with Crippen LogP contribution in [-0.4, -0.2) is 23.5 Å². The van der Waals surface area contributed by atoms with Gasteiger partial charge < -0.3 is 4.74 Å². The van der Waals surface area contributed by atoms with Crippen molar-refractivity contribution in [2.24, 2.45) is 5.92 Å². The largest absolute Gasteiger partial charge is 0.483 e. The third-order valence-electron chi connectivity index (χ3n) is 3.61. The number of rotatable bonds is 4. The molecule has 0 heterocycles. The minimum absolute atomic E-state index is 0.0375. The third-order valence-corrected chi connectivity index (χ3v) is 3.81. The van der Waals surface area contributed by atoms with E-state index in [0.29, 0.717) is 5.75 Å². The van der Waals surface area contributed by atoms with Gasteiger partial charge in [0, 0.05) is 11.3 Å². The molecular formula is C17H17N3O3S. The third kappa shape index (κ3) is 4.20. The van der Waals surface area contributed by atoms with E-state index in [0.717, 1.165) is 23.6 Å². The number of hydrogen-bond donors (Lipinski definition) is 3. The summed E-state index contributed by atoms with van der Waals surface area (Å²) in [4.78, 5) is 23.3. The quantitative estimate of drug-likeness (QED) is 0.581. The van der Waals surface area contributed by atoms with Gasteiger partial charge in [-0.3, -0.25) is 25.8 Å². The fraction of sp³-hybridized carbons (Fsp3) is 0.235. The first-order valence-electron chi connectivity index (χ1n) is 7.64. The summed E-state index contributed by atoms with van der Waals surface area (Å²) < 4.78 is 5.57. The number of ether oxygens (including phenoxy) is 1. The van der Waals surface area contributed by atoms with Gasteiger partial charge in [-0.1, -0.05) is 36.4 Å². The van der Waals surface area contributed by atoms with Crippen LogP contribution in [0.3, 0.4) is 0 Å². The number of nitrogens with one attached hydrogen (secondary N) is 3. The number of hydrogen-bond acceptors (Lipinski definition) is 4. The van der Waals surface area contributed by atoms with Gasteiger partial charge in [0.2, 0.25) is 5.91 Å². The van der Waals surface area contributed by atoms with Crippen molar-refractivity contribution in [3.63, 3.8) is 0 Å². The lowest BCUT2D eigenvalue weighted by molar-refractivity contribution is -0.123. The van der Waals surface area contributed by atoms with Crippen molar-refractivity contribution in [1.29, 1.82) is 0 Å². The molecule has 6 nitrogen and oxygen atoms in total. The van der Waals surface area contributed by atoms with Crippen LogP contribution in [0.2, 0.25) is 0 Å². The molecule has 0 radical (unpaired) electrons. The van der Waals surface area contributed by atoms with Crippen LogP contribution in [0.15, 0.2) is 42.5 Å². The number of benzene rings is 2. The first-order valence-corrected chi connectivity index (χ1v) is 8.04. The highest BCUT2D eigenvalue weighted by molar-refractivity contribution is 7.80. The second kappa shape index (κ2) is 7.27. The molecule has 0 aliphatic heterocycles. The molecule has 0 atom stereocenters. The van der Waals surface area contributed by atoms with E-state index in [2.05, 4.69) is 16.2 Å². The van der Waals surface area contributed by atoms with Crippen LogP contribution in [0, 0.1) is 5.92 Å². The van der Waals surface area contributed by atoms with E-state index in [-0.39, 0.29) is 23.5 Å². The predicted octanol–water partition coefficient (Wildman–Crippen LogP) is 1.65. The van der Waals surface area contributed by atoms with Crippen molar-refractivity contribution < 1.29 is 14.3 Å². The lowest BCUT2D eigenvalue weighted by atomic mass is 10.1. The first-order chi connectivity index (χ1) is 11.6. The Hall–Kier alpha value is -2.67. The highest BCUT2D eigenvalue weighted by Gasteiger charge is 2.29. The van der Waals surface area contributed by atoms with Crippen molar-refractivity contribution in [3.8, 4) is 5.75 Å². The maximum Gasteiger partial charge on any atom is 0.264 e. The predicted molar refractivity (Wildman–Crippen MR) is 94.2 cm³/mol. The number of amides is 2. The zero-order valence-corrected chi connectivity index (χ0v) is 13.7. The van der Waals surface area contributed by atoms with Gasteiger partial charge in [-0.25, -0.2) is 0 Å². The van der Waals surface area contributed by atoms with Crippen molar-refractivity contribution in [2.75, 3.05) is 6.61 Å². The van der Waals surface area contributed by atoms with Crippen molar-refractivity contribution in [1.82, 2.24) is 16.2 Å². The van der Waals surface area contributed by atoms with Crippen molar-refractivity contribution in [3.05, 3.63) is 42.5 Å². The normalized spacial score (nSPS) is 13.2. The van der Waals surface area contributed by atoms with Crippen molar-refractivity contribution in [2.45, 2.75) is 12.8 Å². The van der Waals surface area contributed by atoms with Gasteiger partial charge in [0.1, 0.15) is 5.75 Å². The fourth-order valence-electron chi connectivity index (χ4n) is 2.22. The Labute approximate surface area is 144 Å². The monoisotopic (exact) mass is 343 g/mol. The van der Waals surface area contributed by atoms with Gasteiger partial charge >= 0.3 is 0 Å². The van der Waals surface area contributed by atoms with Crippen LogP contribution < -0.4 is 20.9 Å². The van der Waals surface area contributed by atoms with Crippen LogP contribution in [0.1, 0.15) is 12.8 Å². The average Bonchev–Trinajstić information content (AvgIpc) is 3.43. The molecule has 2 amide bonds. The Morgan fingerprint density at radius 2 is 1.83 bits per heavy atom. The molecule has 0 unspecified atom stereocenters. The smallest absolute Gasteiger partial charge is 0.264 e. The fourth-order valence-corrected chi connectivity index (χ4v) is 2.39. The van der Waals surface area contributed by atoms with Gasteiger partial charge in [0.15, 0.2) is 11.7 Å². The lowest BCUT2D eigenvalue weighted by Gasteiger charge is -2.12. The molecule has 0 aromatic heterocycles. The molecule has 1 aliphatic carbocycles. The molecule has 124 valence electrons. The molecule has 7 heteroatoms. The first kappa shape index (κ1) is 16.2. The summed E-state index contributed by atoms with van der Waals surface area (Å²) >= 11 is 4.95. The van der Waals surface area contributed by atoms with Crippen LogP contribution in [0.5, 0.6) is 5.75 Å². The minimum Gasteiger partial charge on any atom is -0.483 e. The molecule has 3 rings (SSSR count). The highest BCUT2D eigenvalue weighted by Crippen LogP contribution is 2.28. The summed E-state index contributed by atoms with van der Waals surface area (Å²) in [5, 5.41) is 4.46. The molecule has 0 spiro atoms. The average molecular weight is 343 g/mol. The number of fused-ring (bicyclic) bond motifs is 1. The van der Waals surface area contributed by atoms with Crippen LogP contribution in [0.25, 0.3) is 10.8 Å². The number of thiocarbonyl (C=S) groups is 1. The van der Waals surface area contributed by atoms with E-state index in [1.54, 1.807) is 0 Å². The zero-order valence-electron chi connectivity index (χ0n) is 12.9. The van der Waals surface area contributed by atoms with Crippen LogP contribution in [0.4, 0.5) is 0 Å². The Bertz CT molecular complexity index is 784. The molecule has 1 fully saturated rings. The van der Waals surface area contributed by atoms with Crippen LogP contribution in [-0.2, 0) is 9.59 Å². The molecule has 1 saturated carbocycles. The minimum atomic E-state index is -0.402. The zero-order chi connectivity index (χ0) is 16.9. The van der Waals surface area contributed by atoms with E-state index in [1.807, 2.05) is 42.5 Å². The van der Waals surface area contributed by atoms with Crippen molar-refractivity contribution >= 4 is 39.9 Å². The second-order valence-corrected chi connectivity index (χ2v) is 5.94. The molecule has 2 aromatic rings. The molecule has 1 aliphatic rings. The Balaban J connectivity index is 1.47. The molecule has 0 saturated heterocycles. The topological polar surface area (TPSA) is 79.5 Å². The maximum absolute atomic E-state index is 11.9. The number of hydrazine groups is 1. The standard InChI is InChI=1S/C17H17N3O3S/c21-15(18-17(24)20-19-16(22)12-8-9-12)10-23-14-7-3-5-11-4-1-2-6-13(11)14/h1-7,12H,8-10H2,(H,19,22)(H2,18,20,21,24). The van der Waals surface area contributed by atoms with E-state index >= 15 is 0 Å². The lowest BCUT2D eigenvalue weighted by Crippen LogP contribution is -2.49. The van der Waals surface area contributed by atoms with Crippen LogP contribution >= 0.6 is 12.2 Å². The molecular weight excluding hydrogens is 326 g/mol. The van der Waals surface area contributed by atoms with Gasteiger partial charge in [-0.05, 0) is 36.5 Å². The second-order valence-electron chi connectivity index (χ2n) is 5.53. The Kier molecular flexibility index (Phi) is 4.90. The van der Waals surface area contributed by atoms with Gasteiger partial charge in [-0.15, -0.1) is 0 Å². The maximum atomic E-state index is 11.9. The summed E-state index contributed by atoms with van der Waals surface area (Å²) in [6.45, 7) is -0.174. The van der Waals surface area contributed by atoms with Gasteiger partial charge in [0.05, 0.1) is 0 Å². The summed E-state index contributed by atoms with van der Waals surface area (Å²) in [5.41, 5.74) is 4.97. The molecule has 0 bridgehead atoms. The SMILES string of the molecule is O=C(COc1cccc2ccccc12)NC(=S)NNC(=O)C1CC1. The molecule has 3 N–H and O–H groups in total. The molecule has 2 aromatic carbocycles. The molecule has 24 heavy (non-hydrogen) atoms. The summed E-state index contributed by atoms with van der Waals surface area (Å²) in [7, 11) is 0. The van der Waals surface area contributed by atoms with E-state index in [4.69, 9.17) is 17.0 Å². The van der Waals surface area contributed by atoms with Gasteiger partial charge in [-0.2, -0.15) is 0 Å². The van der Waals surface area contributed by atoms with E-state index in [9.17, 15) is 9.59 Å². The summed E-state index contributed by atoms with van der Waals surface area (Å²) in [6, 6.07) is 13.4. The Morgan fingerprint density at radius 1 is 1.08 bits per heavy atom. The number of carbonyl (C=O) groups excluding carboxylic acids is 2. The summed E-state index contributed by atoms with van der Waals surface area (Å²) in [5.74, 6) is 0.176. The summed E-state index contributed by atoms with van der Waals surface area (Å²) in [6.07, 6.45) is 1.79. The van der Waals surface area contributed by atoms with Gasteiger partial charge in [0.25, 0.3) is 5.91 Å². The van der Waals surface area contributed by atoms with E-state index < -0.39 is 5.91 Å². The number of carbonyl (C=O) groups is 2. The van der Waals surface area contributed by atoms with E-state index in [1.165, 1.54) is 0 Å². The Morgan fingerprint density at radius 3 is 2.62 bits per heavy atom.